The normalized spacial score (nSPS) is 10.8. The van der Waals surface area contributed by atoms with E-state index in [1.54, 1.807) is 23.1 Å². The molecule has 0 aliphatic heterocycles. The van der Waals surface area contributed by atoms with Gasteiger partial charge in [-0.15, -0.1) is 0 Å². The van der Waals surface area contributed by atoms with E-state index in [9.17, 15) is 9.59 Å². The van der Waals surface area contributed by atoms with E-state index in [0.717, 1.165) is 28.1 Å². The molecule has 4 aromatic rings. The summed E-state index contributed by atoms with van der Waals surface area (Å²) in [6.45, 7) is 3.77. The van der Waals surface area contributed by atoms with Crippen molar-refractivity contribution in [2.24, 2.45) is 0 Å². The Morgan fingerprint density at radius 3 is 2.48 bits per heavy atom. The number of para-hydroxylation sites is 2. The number of aromatic nitrogens is 4. The first kappa shape index (κ1) is 18.4. The van der Waals surface area contributed by atoms with Gasteiger partial charge in [0.05, 0.1) is 16.7 Å². The van der Waals surface area contributed by atoms with Crippen molar-refractivity contribution in [1.29, 1.82) is 0 Å². The van der Waals surface area contributed by atoms with Gasteiger partial charge in [-0.25, -0.2) is 4.98 Å². The molecule has 4 rings (SSSR count). The maximum atomic E-state index is 12.3. The lowest BCUT2D eigenvalue weighted by Gasteiger charge is -2.09. The minimum Gasteiger partial charge on any atom is -0.299 e. The summed E-state index contributed by atoms with van der Waals surface area (Å²) < 4.78 is 3.54. The summed E-state index contributed by atoms with van der Waals surface area (Å²) in [5, 5.41) is 4.23. The Labute approximate surface area is 167 Å². The number of hydrazine groups is 1. The molecule has 0 unspecified atom stereocenters. The van der Waals surface area contributed by atoms with Gasteiger partial charge in [0.2, 0.25) is 0 Å². The van der Waals surface area contributed by atoms with Crippen molar-refractivity contribution >= 4 is 22.8 Å². The predicted octanol–water partition coefficient (Wildman–Crippen LogP) is 2.30. The molecule has 0 fully saturated rings. The number of rotatable bonds is 4. The molecule has 0 saturated heterocycles. The van der Waals surface area contributed by atoms with Crippen molar-refractivity contribution in [2.75, 3.05) is 0 Å². The van der Waals surface area contributed by atoms with E-state index in [1.165, 1.54) is 0 Å². The Morgan fingerprint density at radius 1 is 1.00 bits per heavy atom. The van der Waals surface area contributed by atoms with Crippen LogP contribution in [-0.4, -0.2) is 31.1 Å². The topological polar surface area (TPSA) is 93.8 Å². The van der Waals surface area contributed by atoms with Gasteiger partial charge in [0, 0.05) is 16.9 Å². The number of fused-ring (bicyclic) bond motifs is 1. The maximum absolute atomic E-state index is 12.3. The van der Waals surface area contributed by atoms with Crippen LogP contribution in [0, 0.1) is 13.8 Å². The molecule has 2 heterocycles. The summed E-state index contributed by atoms with van der Waals surface area (Å²) in [6.07, 6.45) is 1.75. The highest BCUT2D eigenvalue weighted by molar-refractivity contribution is 5.95. The fourth-order valence-electron chi connectivity index (χ4n) is 3.15. The van der Waals surface area contributed by atoms with E-state index in [4.69, 9.17) is 0 Å². The molecule has 0 radical (unpaired) electrons. The van der Waals surface area contributed by atoms with Crippen LogP contribution in [0.4, 0.5) is 0 Å². The Bertz CT molecular complexity index is 1190. The quantitative estimate of drug-likeness (QED) is 0.525. The van der Waals surface area contributed by atoms with Crippen molar-refractivity contribution in [3.05, 3.63) is 77.9 Å². The van der Waals surface area contributed by atoms with Gasteiger partial charge in [0.1, 0.15) is 12.9 Å². The fraction of sp³-hybridized carbons (Fsp3) is 0.143. The van der Waals surface area contributed by atoms with Crippen molar-refractivity contribution in [1.82, 2.24) is 30.2 Å². The number of aryl methyl sites for hydroxylation is 2. The lowest BCUT2D eigenvalue weighted by Crippen LogP contribution is -2.43. The first-order chi connectivity index (χ1) is 14.0. The van der Waals surface area contributed by atoms with Gasteiger partial charge in [0.15, 0.2) is 0 Å². The standard InChI is InChI=1S/C21H20N6O2/c1-14-11-15(2)27(25-14)12-20(28)23-24-21(29)16-7-9-17(10-8-16)26-13-22-18-5-3-4-6-19(18)26/h3-11,13H,12H2,1-2H3,(H,23,28)(H,24,29). The average molecular weight is 388 g/mol. The van der Waals surface area contributed by atoms with Crippen molar-refractivity contribution in [3.8, 4) is 5.69 Å². The second-order valence-corrected chi connectivity index (χ2v) is 6.74. The highest BCUT2D eigenvalue weighted by atomic mass is 16.2. The van der Waals surface area contributed by atoms with Gasteiger partial charge >= 0.3 is 0 Å². The Balaban J connectivity index is 1.39. The summed E-state index contributed by atoms with van der Waals surface area (Å²) >= 11 is 0. The van der Waals surface area contributed by atoms with Crippen LogP contribution in [-0.2, 0) is 11.3 Å². The molecule has 2 N–H and O–H groups in total. The maximum Gasteiger partial charge on any atom is 0.269 e. The van der Waals surface area contributed by atoms with Crippen LogP contribution >= 0.6 is 0 Å². The molecule has 2 amide bonds. The molecule has 0 aliphatic carbocycles. The summed E-state index contributed by atoms with van der Waals surface area (Å²) in [5.74, 6) is -0.750. The van der Waals surface area contributed by atoms with Crippen LogP contribution in [0.25, 0.3) is 16.7 Å². The molecule has 8 heteroatoms. The van der Waals surface area contributed by atoms with Gasteiger partial charge in [0.25, 0.3) is 11.8 Å². The molecule has 2 aromatic carbocycles. The largest absolute Gasteiger partial charge is 0.299 e. The number of benzene rings is 2. The van der Waals surface area contributed by atoms with Crippen LogP contribution in [0.15, 0.2) is 60.9 Å². The summed E-state index contributed by atoms with van der Waals surface area (Å²) in [6, 6.07) is 16.8. The van der Waals surface area contributed by atoms with E-state index in [1.807, 2.05) is 60.9 Å². The van der Waals surface area contributed by atoms with Gasteiger partial charge in [-0.3, -0.25) is 29.7 Å². The Morgan fingerprint density at radius 2 is 1.76 bits per heavy atom. The molecule has 8 nitrogen and oxygen atoms in total. The van der Waals surface area contributed by atoms with Crippen molar-refractivity contribution < 1.29 is 9.59 Å². The lowest BCUT2D eigenvalue weighted by atomic mass is 10.2. The number of hydrogen-bond acceptors (Lipinski definition) is 4. The smallest absolute Gasteiger partial charge is 0.269 e. The fourth-order valence-corrected chi connectivity index (χ4v) is 3.15. The summed E-state index contributed by atoms with van der Waals surface area (Å²) in [7, 11) is 0. The third-order valence-electron chi connectivity index (χ3n) is 4.57. The van der Waals surface area contributed by atoms with E-state index in [0.29, 0.717) is 5.56 Å². The average Bonchev–Trinajstić information content (AvgIpc) is 3.29. The van der Waals surface area contributed by atoms with Crippen LogP contribution in [0.1, 0.15) is 21.7 Å². The molecule has 146 valence electrons. The number of imidazole rings is 1. The number of hydrogen-bond donors (Lipinski definition) is 2. The third kappa shape index (κ3) is 3.86. The zero-order valence-electron chi connectivity index (χ0n) is 16.1. The first-order valence-electron chi connectivity index (χ1n) is 9.14. The minimum absolute atomic E-state index is 0.0343. The van der Waals surface area contributed by atoms with Crippen LogP contribution in [0.3, 0.4) is 0 Å². The van der Waals surface area contributed by atoms with Crippen LogP contribution in [0.2, 0.25) is 0 Å². The number of carbonyl (C=O) groups is 2. The number of amides is 2. The molecule has 2 aromatic heterocycles. The summed E-state index contributed by atoms with van der Waals surface area (Å²) in [4.78, 5) is 28.7. The third-order valence-corrected chi connectivity index (χ3v) is 4.57. The SMILES string of the molecule is Cc1cc(C)n(CC(=O)NNC(=O)c2ccc(-n3cnc4ccccc43)cc2)n1. The van der Waals surface area contributed by atoms with Gasteiger partial charge in [-0.1, -0.05) is 12.1 Å². The van der Waals surface area contributed by atoms with Gasteiger partial charge < -0.3 is 0 Å². The molecule has 0 aliphatic rings. The molecule has 29 heavy (non-hydrogen) atoms. The zero-order chi connectivity index (χ0) is 20.4. The number of carbonyl (C=O) groups excluding carboxylic acids is 2. The van der Waals surface area contributed by atoms with E-state index in [-0.39, 0.29) is 12.5 Å². The lowest BCUT2D eigenvalue weighted by molar-refractivity contribution is -0.122. The van der Waals surface area contributed by atoms with Gasteiger partial charge in [-0.2, -0.15) is 5.10 Å². The summed E-state index contributed by atoms with van der Waals surface area (Å²) in [5.41, 5.74) is 9.78. The number of nitrogens with one attached hydrogen (secondary N) is 2. The molecule has 0 bridgehead atoms. The van der Waals surface area contributed by atoms with Gasteiger partial charge in [-0.05, 0) is 56.3 Å². The highest BCUT2D eigenvalue weighted by Gasteiger charge is 2.11. The highest BCUT2D eigenvalue weighted by Crippen LogP contribution is 2.18. The molecule has 0 atom stereocenters. The first-order valence-corrected chi connectivity index (χ1v) is 9.14. The molecule has 0 saturated carbocycles. The second-order valence-electron chi connectivity index (χ2n) is 6.74. The van der Waals surface area contributed by atoms with E-state index < -0.39 is 5.91 Å². The molecular weight excluding hydrogens is 368 g/mol. The molecular formula is C21H20N6O2. The number of nitrogens with zero attached hydrogens (tertiary/aromatic N) is 4. The molecule has 0 spiro atoms. The Kier molecular flexibility index (Phi) is 4.82. The van der Waals surface area contributed by atoms with Crippen LogP contribution in [0.5, 0.6) is 0 Å². The predicted molar refractivity (Wildman–Crippen MR) is 108 cm³/mol. The van der Waals surface area contributed by atoms with E-state index >= 15 is 0 Å². The minimum atomic E-state index is -0.395. The van der Waals surface area contributed by atoms with Crippen molar-refractivity contribution in [3.63, 3.8) is 0 Å². The van der Waals surface area contributed by atoms with E-state index in [2.05, 4.69) is 20.9 Å². The second kappa shape index (κ2) is 7.59. The monoisotopic (exact) mass is 388 g/mol. The zero-order valence-corrected chi connectivity index (χ0v) is 16.1. The van der Waals surface area contributed by atoms with Crippen LogP contribution < -0.4 is 10.9 Å². The van der Waals surface area contributed by atoms with Crippen molar-refractivity contribution in [2.45, 2.75) is 20.4 Å². The Hall–Kier alpha value is -3.94.